The molecular weight excluding hydrogens is 723 g/mol. The van der Waals surface area contributed by atoms with Crippen LogP contribution in [0, 0.1) is 17.8 Å². The first kappa shape index (κ1) is 35.7. The lowest BCUT2D eigenvalue weighted by molar-refractivity contribution is -0.00518. The molecule has 292 valence electrons. The molecule has 4 bridgehead atoms. The van der Waals surface area contributed by atoms with Crippen molar-refractivity contribution in [2.45, 2.75) is 63.2 Å². The van der Waals surface area contributed by atoms with Gasteiger partial charge in [0.2, 0.25) is 0 Å². The fraction of sp³-hybridized carbons (Fsp3) is 0.220. The van der Waals surface area contributed by atoms with E-state index in [4.69, 9.17) is 0 Å². The van der Waals surface area contributed by atoms with Gasteiger partial charge in [-0.1, -0.05) is 153 Å². The van der Waals surface area contributed by atoms with Crippen molar-refractivity contribution in [3.8, 4) is 44.5 Å². The van der Waals surface area contributed by atoms with Crippen LogP contribution >= 0.6 is 0 Å². The molecule has 0 aromatic heterocycles. The normalized spacial score (nSPS) is 21.8. The molecule has 0 saturated heterocycles. The first-order valence-electron chi connectivity index (χ1n) is 22.3. The summed E-state index contributed by atoms with van der Waals surface area (Å²) in [6, 6.07) is 68.5. The predicted octanol–water partition coefficient (Wildman–Crippen LogP) is 16.1. The second-order valence-corrected chi connectivity index (χ2v) is 19.2. The number of rotatable bonds is 7. The van der Waals surface area contributed by atoms with Crippen LogP contribution in [0.5, 0.6) is 0 Å². The molecule has 8 aromatic rings. The zero-order chi connectivity index (χ0) is 40.0. The molecule has 4 fully saturated rings. The van der Waals surface area contributed by atoms with Crippen LogP contribution in [0.4, 0.5) is 17.1 Å². The van der Waals surface area contributed by atoms with Crippen molar-refractivity contribution in [2.75, 3.05) is 4.90 Å². The summed E-state index contributed by atoms with van der Waals surface area (Å²) in [5.41, 5.74) is 18.5. The van der Waals surface area contributed by atoms with Crippen molar-refractivity contribution < 1.29 is 0 Å². The number of fused-ring (bicyclic) bond motifs is 4. The second-order valence-electron chi connectivity index (χ2n) is 19.2. The van der Waals surface area contributed by atoms with Crippen molar-refractivity contribution in [1.29, 1.82) is 0 Å². The highest BCUT2D eigenvalue weighted by Gasteiger charge is 2.51. The summed E-state index contributed by atoms with van der Waals surface area (Å²) in [5.74, 6) is 2.80. The molecular formula is C59H51N. The smallest absolute Gasteiger partial charge is 0.0462 e. The molecule has 0 spiro atoms. The predicted molar refractivity (Wildman–Crippen MR) is 252 cm³/mol. The minimum Gasteiger partial charge on any atom is -0.311 e. The van der Waals surface area contributed by atoms with Crippen LogP contribution < -0.4 is 4.90 Å². The molecule has 5 aliphatic carbocycles. The second kappa shape index (κ2) is 13.7. The third-order valence-electron chi connectivity index (χ3n) is 15.2. The average molecular weight is 774 g/mol. The Morgan fingerprint density at radius 1 is 0.400 bits per heavy atom. The topological polar surface area (TPSA) is 3.24 Å². The van der Waals surface area contributed by atoms with E-state index in [2.05, 4.69) is 201 Å². The van der Waals surface area contributed by atoms with Gasteiger partial charge in [-0.3, -0.25) is 0 Å². The first-order valence-corrected chi connectivity index (χ1v) is 22.3. The Balaban J connectivity index is 0.926. The Bertz CT molecular complexity index is 2860. The Morgan fingerprint density at radius 2 is 0.883 bits per heavy atom. The van der Waals surface area contributed by atoms with Crippen molar-refractivity contribution in [2.24, 2.45) is 17.8 Å². The maximum absolute atomic E-state index is 2.49. The van der Waals surface area contributed by atoms with Gasteiger partial charge in [0.05, 0.1) is 0 Å². The Morgan fingerprint density at radius 3 is 1.50 bits per heavy atom. The van der Waals surface area contributed by atoms with Gasteiger partial charge in [-0.2, -0.15) is 0 Å². The molecule has 0 heterocycles. The monoisotopic (exact) mass is 773 g/mol. The largest absolute Gasteiger partial charge is 0.311 e. The Kier molecular flexibility index (Phi) is 8.15. The van der Waals surface area contributed by atoms with Crippen LogP contribution in [-0.2, 0) is 10.8 Å². The van der Waals surface area contributed by atoms with E-state index in [1.165, 1.54) is 116 Å². The summed E-state index contributed by atoms with van der Waals surface area (Å²) in [6.45, 7) is 4.71. The van der Waals surface area contributed by atoms with Crippen molar-refractivity contribution >= 4 is 27.8 Å². The fourth-order valence-electron chi connectivity index (χ4n) is 12.8. The molecule has 0 N–H and O–H groups in total. The highest BCUT2D eigenvalue weighted by molar-refractivity contribution is 6.06. The quantitative estimate of drug-likeness (QED) is 0.156. The number of hydrogen-bond donors (Lipinski definition) is 0. The van der Waals surface area contributed by atoms with E-state index >= 15 is 0 Å². The number of benzene rings is 8. The fourth-order valence-corrected chi connectivity index (χ4v) is 12.8. The standard InChI is InChI=1S/C59H51N/c1-58(2)55-17-7-6-14-53(55)54-35-46(22-31-56(54)58)42-18-25-48(26-19-42)60(50-29-23-47(24-30-50)59-36-39-32-40(37-59)34-41(33-39)38-59)49-27-20-44(21-28-49)52-16-9-13-45-12-8-15-51(57(45)52)43-10-4-3-5-11-43/h3-31,35,39-41H,32-34,36-38H2,1-2H3. The van der Waals surface area contributed by atoms with E-state index < -0.39 is 0 Å². The van der Waals surface area contributed by atoms with Gasteiger partial charge in [0.1, 0.15) is 0 Å². The van der Waals surface area contributed by atoms with Crippen LogP contribution in [0.2, 0.25) is 0 Å². The zero-order valence-corrected chi connectivity index (χ0v) is 34.7. The highest BCUT2D eigenvalue weighted by atomic mass is 15.1. The molecule has 4 saturated carbocycles. The summed E-state index contributed by atoms with van der Waals surface area (Å²) >= 11 is 0. The van der Waals surface area contributed by atoms with E-state index in [1.54, 1.807) is 5.56 Å². The van der Waals surface area contributed by atoms with Crippen LogP contribution in [0.25, 0.3) is 55.3 Å². The van der Waals surface area contributed by atoms with Gasteiger partial charge < -0.3 is 4.90 Å². The molecule has 0 aliphatic heterocycles. The molecule has 1 nitrogen and oxygen atoms in total. The van der Waals surface area contributed by atoms with Gasteiger partial charge in [0.15, 0.2) is 0 Å². The first-order chi connectivity index (χ1) is 29.4. The van der Waals surface area contributed by atoms with Crippen LogP contribution in [0.15, 0.2) is 182 Å². The van der Waals surface area contributed by atoms with E-state index in [9.17, 15) is 0 Å². The molecule has 0 radical (unpaired) electrons. The van der Waals surface area contributed by atoms with E-state index in [0.29, 0.717) is 5.41 Å². The Hall–Kier alpha value is -6.18. The van der Waals surface area contributed by atoms with Crippen LogP contribution in [0.3, 0.4) is 0 Å². The minimum atomic E-state index is 0.00734. The van der Waals surface area contributed by atoms with Gasteiger partial charge in [0.25, 0.3) is 0 Å². The maximum atomic E-state index is 2.49. The summed E-state index contributed by atoms with van der Waals surface area (Å²) in [5, 5.41) is 2.56. The zero-order valence-electron chi connectivity index (χ0n) is 34.7. The lowest BCUT2D eigenvalue weighted by Crippen LogP contribution is -2.48. The number of nitrogens with zero attached hydrogens (tertiary/aromatic N) is 1. The molecule has 13 rings (SSSR count). The minimum absolute atomic E-state index is 0.00734. The van der Waals surface area contributed by atoms with Crippen LogP contribution in [0.1, 0.15) is 69.1 Å². The molecule has 5 aliphatic rings. The molecule has 0 amide bonds. The van der Waals surface area contributed by atoms with Gasteiger partial charge in [0, 0.05) is 22.5 Å². The van der Waals surface area contributed by atoms with Gasteiger partial charge in [-0.25, -0.2) is 0 Å². The summed E-state index contributed by atoms with van der Waals surface area (Å²) in [7, 11) is 0. The van der Waals surface area contributed by atoms with Crippen molar-refractivity contribution in [3.63, 3.8) is 0 Å². The molecule has 8 aromatic carbocycles. The van der Waals surface area contributed by atoms with E-state index in [1.807, 2.05) is 0 Å². The Labute approximate surface area is 355 Å². The van der Waals surface area contributed by atoms with Crippen LogP contribution in [-0.4, -0.2) is 0 Å². The summed E-state index contributed by atoms with van der Waals surface area (Å²) in [6.07, 6.45) is 8.57. The molecule has 0 atom stereocenters. The number of anilines is 3. The lowest BCUT2D eigenvalue weighted by Gasteiger charge is -2.57. The molecule has 60 heavy (non-hydrogen) atoms. The molecule has 0 unspecified atom stereocenters. The van der Waals surface area contributed by atoms with Crippen molar-refractivity contribution in [1.82, 2.24) is 0 Å². The number of hydrogen-bond acceptors (Lipinski definition) is 1. The van der Waals surface area contributed by atoms with E-state index in [0.717, 1.165) is 23.4 Å². The SMILES string of the molecule is CC1(C)c2ccccc2-c2cc(-c3ccc(N(c4ccc(-c5cccc6cccc(-c7ccccc7)c56)cc4)c4ccc(C56CC7CC(CC(C7)C5)C6)cc4)cc3)ccc21. The summed E-state index contributed by atoms with van der Waals surface area (Å²) < 4.78 is 0. The lowest BCUT2D eigenvalue weighted by atomic mass is 9.48. The third-order valence-corrected chi connectivity index (χ3v) is 15.2. The van der Waals surface area contributed by atoms with Gasteiger partial charge in [-0.15, -0.1) is 0 Å². The maximum Gasteiger partial charge on any atom is 0.0462 e. The van der Waals surface area contributed by atoms with E-state index in [-0.39, 0.29) is 5.41 Å². The third kappa shape index (κ3) is 5.73. The van der Waals surface area contributed by atoms with Gasteiger partial charge in [-0.05, 0) is 176 Å². The van der Waals surface area contributed by atoms with Crippen molar-refractivity contribution in [3.05, 3.63) is 199 Å². The van der Waals surface area contributed by atoms with Gasteiger partial charge >= 0.3 is 0 Å². The summed E-state index contributed by atoms with van der Waals surface area (Å²) in [4.78, 5) is 2.46. The average Bonchev–Trinajstić information content (AvgIpc) is 3.52. The molecule has 1 heteroatoms. The highest BCUT2D eigenvalue weighted by Crippen LogP contribution is 2.61.